The molecule has 0 amide bonds. The molecule has 5 heteroatoms. The van der Waals surface area contributed by atoms with Crippen LogP contribution in [-0.4, -0.2) is 14.9 Å². The van der Waals surface area contributed by atoms with E-state index in [1.165, 1.54) is 10.9 Å². The van der Waals surface area contributed by atoms with Gasteiger partial charge >= 0.3 is 0 Å². The predicted molar refractivity (Wildman–Crippen MR) is 67.8 cm³/mol. The Balaban J connectivity index is 2.04. The van der Waals surface area contributed by atoms with E-state index < -0.39 is 0 Å². The van der Waals surface area contributed by atoms with Crippen LogP contribution in [0.2, 0.25) is 0 Å². The summed E-state index contributed by atoms with van der Waals surface area (Å²) in [6.07, 6.45) is 2.05. The fourth-order valence-electron chi connectivity index (χ4n) is 1.86. The molecule has 17 heavy (non-hydrogen) atoms. The quantitative estimate of drug-likeness (QED) is 0.728. The van der Waals surface area contributed by atoms with Crippen molar-refractivity contribution in [2.24, 2.45) is 0 Å². The van der Waals surface area contributed by atoms with E-state index in [-0.39, 0.29) is 0 Å². The zero-order chi connectivity index (χ0) is 11.8. The van der Waals surface area contributed by atoms with Gasteiger partial charge in [0.05, 0.1) is 6.54 Å². The van der Waals surface area contributed by atoms with E-state index in [0.717, 1.165) is 15.9 Å². The van der Waals surface area contributed by atoms with Crippen molar-refractivity contribution in [1.82, 2.24) is 14.9 Å². The highest BCUT2D eigenvalue weighted by molar-refractivity contribution is 9.10. The Morgan fingerprint density at radius 1 is 1.29 bits per heavy atom. The summed E-state index contributed by atoms with van der Waals surface area (Å²) >= 11 is 3.47. The largest absolute Gasteiger partial charge is 0.341 e. The molecule has 0 aliphatic carbocycles. The molecule has 0 atom stereocenters. The van der Waals surface area contributed by atoms with Crippen LogP contribution in [0.25, 0.3) is 10.9 Å². The van der Waals surface area contributed by atoms with Crippen molar-refractivity contribution in [3.05, 3.63) is 46.3 Å². The lowest BCUT2D eigenvalue weighted by atomic mass is 10.2. The third kappa shape index (κ3) is 1.86. The molecule has 0 saturated carbocycles. The highest BCUT2D eigenvalue weighted by atomic mass is 79.9. The lowest BCUT2D eigenvalue weighted by Crippen LogP contribution is -1.99. The van der Waals surface area contributed by atoms with E-state index in [0.29, 0.717) is 6.54 Å². The van der Waals surface area contributed by atoms with Gasteiger partial charge in [0, 0.05) is 21.6 Å². The van der Waals surface area contributed by atoms with Crippen molar-refractivity contribution in [1.29, 1.82) is 0 Å². The van der Waals surface area contributed by atoms with Crippen LogP contribution in [0.4, 0.5) is 0 Å². The topological polar surface area (TPSA) is 43.9 Å². The van der Waals surface area contributed by atoms with Crippen LogP contribution in [-0.2, 0) is 6.54 Å². The lowest BCUT2D eigenvalue weighted by Gasteiger charge is -2.02. The smallest absolute Gasteiger partial charge is 0.127 e. The molecule has 3 rings (SSSR count). The summed E-state index contributed by atoms with van der Waals surface area (Å²) in [5, 5.41) is 8.89. The molecular weight excluding hydrogens is 282 g/mol. The van der Waals surface area contributed by atoms with Gasteiger partial charge in [-0.25, -0.2) is 4.63 Å². The Morgan fingerprint density at radius 2 is 2.18 bits per heavy atom. The molecule has 0 radical (unpaired) electrons. The van der Waals surface area contributed by atoms with Crippen LogP contribution in [0.3, 0.4) is 0 Å². The molecule has 0 N–H and O–H groups in total. The van der Waals surface area contributed by atoms with Crippen molar-refractivity contribution in [3.8, 4) is 0 Å². The Bertz CT molecular complexity index is 671. The van der Waals surface area contributed by atoms with Gasteiger partial charge in [0.1, 0.15) is 11.4 Å². The molecule has 0 spiro atoms. The van der Waals surface area contributed by atoms with E-state index >= 15 is 0 Å². The summed E-state index contributed by atoms with van der Waals surface area (Å²) in [7, 11) is 0. The first-order chi connectivity index (χ1) is 8.24. The predicted octanol–water partition coefficient (Wildman–Crippen LogP) is 3.14. The third-order valence-electron chi connectivity index (χ3n) is 2.80. The number of halogens is 1. The van der Waals surface area contributed by atoms with Gasteiger partial charge in [-0.05, 0) is 31.2 Å². The number of nitrogens with zero attached hydrogens (tertiary/aromatic N) is 3. The normalized spacial score (nSPS) is 11.2. The number of aryl methyl sites for hydroxylation is 1. The SMILES string of the molecule is Cc1nonc1Cn1ccc2cc(Br)ccc21. The maximum Gasteiger partial charge on any atom is 0.127 e. The van der Waals surface area contributed by atoms with Gasteiger partial charge in [-0.15, -0.1) is 0 Å². The molecule has 2 aromatic heterocycles. The fraction of sp³-hybridized carbons (Fsp3) is 0.167. The van der Waals surface area contributed by atoms with Gasteiger partial charge in [0.25, 0.3) is 0 Å². The van der Waals surface area contributed by atoms with Crippen LogP contribution in [0.1, 0.15) is 11.4 Å². The number of rotatable bonds is 2. The van der Waals surface area contributed by atoms with Crippen LogP contribution in [0, 0.1) is 6.92 Å². The van der Waals surface area contributed by atoms with E-state index in [1.54, 1.807) is 0 Å². The summed E-state index contributed by atoms with van der Waals surface area (Å²) in [5.74, 6) is 0. The number of benzene rings is 1. The first-order valence-electron chi connectivity index (χ1n) is 5.26. The van der Waals surface area contributed by atoms with Crippen molar-refractivity contribution < 1.29 is 4.63 Å². The minimum atomic E-state index is 0.681. The third-order valence-corrected chi connectivity index (χ3v) is 3.29. The molecule has 0 bridgehead atoms. The summed E-state index contributed by atoms with van der Waals surface area (Å²) in [6.45, 7) is 2.58. The highest BCUT2D eigenvalue weighted by Gasteiger charge is 2.08. The van der Waals surface area contributed by atoms with Gasteiger partial charge in [0.2, 0.25) is 0 Å². The van der Waals surface area contributed by atoms with Crippen LogP contribution < -0.4 is 0 Å². The van der Waals surface area contributed by atoms with E-state index in [2.05, 4.69) is 49.0 Å². The van der Waals surface area contributed by atoms with Crippen LogP contribution in [0.5, 0.6) is 0 Å². The summed E-state index contributed by atoms with van der Waals surface area (Å²) < 4.78 is 7.92. The van der Waals surface area contributed by atoms with Crippen molar-refractivity contribution in [2.75, 3.05) is 0 Å². The second-order valence-corrected chi connectivity index (χ2v) is 4.86. The van der Waals surface area contributed by atoms with Gasteiger partial charge in [-0.3, -0.25) is 0 Å². The molecule has 0 unspecified atom stereocenters. The first-order valence-corrected chi connectivity index (χ1v) is 6.06. The lowest BCUT2D eigenvalue weighted by molar-refractivity contribution is 0.300. The number of hydrogen-bond donors (Lipinski definition) is 0. The Labute approximate surface area is 106 Å². The molecule has 3 aromatic rings. The second kappa shape index (κ2) is 4.00. The van der Waals surface area contributed by atoms with Crippen molar-refractivity contribution >= 4 is 26.8 Å². The molecular formula is C12H10BrN3O. The minimum Gasteiger partial charge on any atom is -0.341 e. The Morgan fingerprint density at radius 3 is 2.94 bits per heavy atom. The Hall–Kier alpha value is -1.62. The number of aromatic nitrogens is 3. The highest BCUT2D eigenvalue weighted by Crippen LogP contribution is 2.21. The maximum absolute atomic E-state index is 4.70. The zero-order valence-electron chi connectivity index (χ0n) is 9.22. The summed E-state index contributed by atoms with van der Waals surface area (Å²) in [4.78, 5) is 0. The summed E-state index contributed by atoms with van der Waals surface area (Å²) in [5.41, 5.74) is 2.88. The monoisotopic (exact) mass is 291 g/mol. The fourth-order valence-corrected chi connectivity index (χ4v) is 2.24. The average Bonchev–Trinajstić information content (AvgIpc) is 2.87. The first kappa shape index (κ1) is 10.5. The van der Waals surface area contributed by atoms with Gasteiger partial charge in [0.15, 0.2) is 0 Å². The zero-order valence-corrected chi connectivity index (χ0v) is 10.8. The number of fused-ring (bicyclic) bond motifs is 1. The molecule has 2 heterocycles. The van der Waals surface area contributed by atoms with Gasteiger partial charge in [-0.2, -0.15) is 0 Å². The number of hydrogen-bond acceptors (Lipinski definition) is 3. The maximum atomic E-state index is 4.70. The molecule has 0 aliphatic heterocycles. The van der Waals surface area contributed by atoms with Crippen molar-refractivity contribution in [3.63, 3.8) is 0 Å². The second-order valence-electron chi connectivity index (χ2n) is 3.94. The van der Waals surface area contributed by atoms with E-state index in [9.17, 15) is 0 Å². The molecule has 0 fully saturated rings. The van der Waals surface area contributed by atoms with Gasteiger partial charge in [-0.1, -0.05) is 26.2 Å². The molecule has 0 saturated heterocycles. The molecule has 4 nitrogen and oxygen atoms in total. The average molecular weight is 292 g/mol. The molecule has 0 aliphatic rings. The molecule has 86 valence electrons. The van der Waals surface area contributed by atoms with E-state index in [1.807, 2.05) is 19.2 Å². The summed E-state index contributed by atoms with van der Waals surface area (Å²) in [6, 6.07) is 8.30. The van der Waals surface area contributed by atoms with Crippen LogP contribution >= 0.6 is 15.9 Å². The van der Waals surface area contributed by atoms with Crippen LogP contribution in [0.15, 0.2) is 39.6 Å². The molecule has 1 aromatic carbocycles. The van der Waals surface area contributed by atoms with E-state index in [4.69, 9.17) is 4.63 Å². The standard InChI is InChI=1S/C12H10BrN3O/c1-8-11(15-17-14-8)7-16-5-4-9-6-10(13)2-3-12(9)16/h2-6H,7H2,1H3. The van der Waals surface area contributed by atoms with Gasteiger partial charge < -0.3 is 4.57 Å². The minimum absolute atomic E-state index is 0.681. The van der Waals surface area contributed by atoms with Crippen molar-refractivity contribution in [2.45, 2.75) is 13.5 Å². The Kier molecular flexibility index (Phi) is 2.48.